The summed E-state index contributed by atoms with van der Waals surface area (Å²) in [5.41, 5.74) is 5.38. The van der Waals surface area contributed by atoms with Crippen LogP contribution in [0.5, 0.6) is 0 Å². The van der Waals surface area contributed by atoms with Crippen molar-refractivity contribution in [3.63, 3.8) is 0 Å². The molecule has 1 aliphatic heterocycles. The summed E-state index contributed by atoms with van der Waals surface area (Å²) >= 11 is 0. The summed E-state index contributed by atoms with van der Waals surface area (Å²) in [6.45, 7) is 7.35. The lowest BCUT2D eigenvalue weighted by Gasteiger charge is -2.22. The zero-order valence-corrected chi connectivity index (χ0v) is 22.6. The first-order chi connectivity index (χ1) is 18.3. The molecule has 2 aromatic carbocycles. The molecule has 1 saturated heterocycles. The van der Waals surface area contributed by atoms with E-state index in [9.17, 15) is 9.90 Å². The third-order valence-corrected chi connectivity index (χ3v) is 6.92. The second-order valence-electron chi connectivity index (χ2n) is 9.98. The average Bonchev–Trinajstić information content (AvgIpc) is 3.46. The quantitative estimate of drug-likeness (QED) is 0.273. The smallest absolute Gasteiger partial charge is 0.354 e. The molecule has 3 N–H and O–H groups in total. The largest absolute Gasteiger partial charge is 0.477 e. The topological polar surface area (TPSA) is 102 Å². The van der Waals surface area contributed by atoms with Crippen molar-refractivity contribution in [2.75, 3.05) is 55.5 Å². The van der Waals surface area contributed by atoms with E-state index in [1.807, 2.05) is 57.3 Å². The lowest BCUT2D eigenvalue weighted by atomic mass is 9.91. The molecule has 200 valence electrons. The van der Waals surface area contributed by atoms with Crippen LogP contribution in [0.4, 0.5) is 22.9 Å². The van der Waals surface area contributed by atoms with Gasteiger partial charge in [-0.25, -0.2) is 9.78 Å². The predicted octanol–water partition coefficient (Wildman–Crippen LogP) is 5.90. The number of ether oxygens (including phenoxy) is 1. The maximum Gasteiger partial charge on any atom is 0.354 e. The van der Waals surface area contributed by atoms with Gasteiger partial charge in [0.1, 0.15) is 5.82 Å². The number of pyridine rings is 1. The molecule has 0 atom stereocenters. The van der Waals surface area contributed by atoms with Gasteiger partial charge in [-0.2, -0.15) is 0 Å². The number of nitrogens with zero attached hydrogens (tertiary/aromatic N) is 3. The van der Waals surface area contributed by atoms with Gasteiger partial charge in [0.25, 0.3) is 0 Å². The normalized spacial score (nSPS) is 13.1. The molecular formula is C30H37N5O3. The Hall–Kier alpha value is -3.91. The Bertz CT molecular complexity index is 1280. The molecule has 0 aliphatic carbocycles. The van der Waals surface area contributed by atoms with Crippen molar-refractivity contribution >= 4 is 34.6 Å². The SMILES string of the molecule is COCCN(C)c1ccc(-c2cc(C(=O)O)nc(Nc3cccc(N4CCCC4)c3)c2C(=N)C(C)C)cc1. The summed E-state index contributed by atoms with van der Waals surface area (Å²) in [6.07, 6.45) is 2.36. The van der Waals surface area contributed by atoms with E-state index < -0.39 is 5.97 Å². The molecular weight excluding hydrogens is 478 g/mol. The predicted molar refractivity (Wildman–Crippen MR) is 155 cm³/mol. The summed E-state index contributed by atoms with van der Waals surface area (Å²) in [6, 6.07) is 17.6. The number of likely N-dealkylation sites (N-methyl/N-ethyl adjacent to an activating group) is 1. The summed E-state index contributed by atoms with van der Waals surface area (Å²) in [5, 5.41) is 22.2. The van der Waals surface area contributed by atoms with E-state index in [-0.39, 0.29) is 11.6 Å². The molecule has 0 amide bonds. The van der Waals surface area contributed by atoms with Gasteiger partial charge in [-0.15, -0.1) is 0 Å². The summed E-state index contributed by atoms with van der Waals surface area (Å²) in [4.78, 5) is 21.0. The second-order valence-corrected chi connectivity index (χ2v) is 9.98. The van der Waals surface area contributed by atoms with Crippen molar-refractivity contribution in [2.45, 2.75) is 26.7 Å². The van der Waals surface area contributed by atoms with E-state index in [1.165, 1.54) is 12.8 Å². The van der Waals surface area contributed by atoms with Gasteiger partial charge in [-0.1, -0.05) is 32.0 Å². The van der Waals surface area contributed by atoms with Crippen LogP contribution >= 0.6 is 0 Å². The van der Waals surface area contributed by atoms with Crippen LogP contribution in [-0.4, -0.2) is 62.2 Å². The lowest BCUT2D eigenvalue weighted by Crippen LogP contribution is -2.21. The zero-order chi connectivity index (χ0) is 27.2. The van der Waals surface area contributed by atoms with Crippen molar-refractivity contribution < 1.29 is 14.6 Å². The highest BCUT2D eigenvalue weighted by Crippen LogP contribution is 2.34. The van der Waals surface area contributed by atoms with Crippen molar-refractivity contribution in [1.29, 1.82) is 5.41 Å². The highest BCUT2D eigenvalue weighted by atomic mass is 16.5. The Morgan fingerprint density at radius 2 is 1.87 bits per heavy atom. The Kier molecular flexibility index (Phi) is 8.63. The molecule has 8 nitrogen and oxygen atoms in total. The first-order valence-corrected chi connectivity index (χ1v) is 13.1. The Balaban J connectivity index is 1.79. The number of carboxylic acids is 1. The molecule has 1 aliphatic rings. The van der Waals surface area contributed by atoms with Crippen molar-refractivity contribution in [2.24, 2.45) is 5.92 Å². The number of hydrogen-bond donors (Lipinski definition) is 3. The number of carboxylic acid groups (broad SMARTS) is 1. The molecule has 1 aromatic heterocycles. The maximum absolute atomic E-state index is 12.1. The minimum absolute atomic E-state index is 0.0696. The minimum atomic E-state index is -1.11. The summed E-state index contributed by atoms with van der Waals surface area (Å²) < 4.78 is 5.19. The molecule has 0 radical (unpaired) electrons. The van der Waals surface area contributed by atoms with E-state index in [2.05, 4.69) is 32.2 Å². The number of hydrogen-bond acceptors (Lipinski definition) is 7. The second kappa shape index (κ2) is 12.1. The van der Waals surface area contributed by atoms with Crippen LogP contribution in [0.25, 0.3) is 11.1 Å². The molecule has 38 heavy (non-hydrogen) atoms. The Labute approximate surface area is 224 Å². The minimum Gasteiger partial charge on any atom is -0.477 e. The highest BCUT2D eigenvalue weighted by Gasteiger charge is 2.23. The van der Waals surface area contributed by atoms with Gasteiger partial charge < -0.3 is 30.4 Å². The van der Waals surface area contributed by atoms with Crippen LogP contribution in [-0.2, 0) is 4.74 Å². The number of rotatable bonds is 11. The molecule has 0 bridgehead atoms. The van der Waals surface area contributed by atoms with Crippen LogP contribution < -0.4 is 15.1 Å². The van der Waals surface area contributed by atoms with Gasteiger partial charge in [0, 0.05) is 62.1 Å². The fourth-order valence-corrected chi connectivity index (χ4v) is 4.68. The van der Waals surface area contributed by atoms with Crippen LogP contribution in [0, 0.1) is 11.3 Å². The zero-order valence-electron chi connectivity index (χ0n) is 22.6. The fraction of sp³-hybridized carbons (Fsp3) is 0.367. The maximum atomic E-state index is 12.1. The summed E-state index contributed by atoms with van der Waals surface area (Å²) in [5.74, 6) is -0.820. The van der Waals surface area contributed by atoms with Crippen molar-refractivity contribution in [3.8, 4) is 11.1 Å². The number of benzene rings is 2. The molecule has 0 saturated carbocycles. The van der Waals surface area contributed by atoms with Gasteiger partial charge in [0.15, 0.2) is 5.69 Å². The van der Waals surface area contributed by atoms with Gasteiger partial charge >= 0.3 is 5.97 Å². The van der Waals surface area contributed by atoms with E-state index in [4.69, 9.17) is 10.1 Å². The first kappa shape index (κ1) is 27.1. The van der Waals surface area contributed by atoms with E-state index in [1.54, 1.807) is 13.2 Å². The molecule has 1 fully saturated rings. The fourth-order valence-electron chi connectivity index (χ4n) is 4.68. The van der Waals surface area contributed by atoms with Crippen LogP contribution in [0.3, 0.4) is 0 Å². The van der Waals surface area contributed by atoms with Gasteiger partial charge in [-0.3, -0.25) is 0 Å². The standard InChI is InChI=1S/C30H37N5O3/c1-20(2)28(31)27-25(21-10-12-23(13-11-21)34(3)16-17-38-4)19-26(30(36)37)33-29(27)32-22-8-7-9-24(18-22)35-14-5-6-15-35/h7-13,18-20,31H,5-6,14-17H2,1-4H3,(H,32,33)(H,36,37). The number of anilines is 4. The molecule has 0 unspecified atom stereocenters. The molecule has 4 rings (SSSR count). The van der Waals surface area contributed by atoms with E-state index in [0.717, 1.165) is 42.3 Å². The van der Waals surface area contributed by atoms with E-state index in [0.29, 0.717) is 29.3 Å². The van der Waals surface area contributed by atoms with Crippen LogP contribution in [0.1, 0.15) is 42.7 Å². The first-order valence-electron chi connectivity index (χ1n) is 13.1. The molecule has 3 aromatic rings. The molecule has 0 spiro atoms. The average molecular weight is 516 g/mol. The highest BCUT2D eigenvalue weighted by molar-refractivity contribution is 6.10. The Morgan fingerprint density at radius 1 is 1.16 bits per heavy atom. The van der Waals surface area contributed by atoms with E-state index >= 15 is 0 Å². The third-order valence-electron chi connectivity index (χ3n) is 6.92. The van der Waals surface area contributed by atoms with Crippen LogP contribution in [0.2, 0.25) is 0 Å². The monoisotopic (exact) mass is 515 g/mol. The lowest BCUT2D eigenvalue weighted by molar-refractivity contribution is 0.0690. The van der Waals surface area contributed by atoms with Crippen molar-refractivity contribution in [3.05, 3.63) is 65.9 Å². The molecule has 2 heterocycles. The number of carbonyl (C=O) groups is 1. The van der Waals surface area contributed by atoms with Gasteiger partial charge in [-0.05, 0) is 66.3 Å². The Morgan fingerprint density at radius 3 is 2.50 bits per heavy atom. The van der Waals surface area contributed by atoms with Gasteiger partial charge in [0.05, 0.1) is 6.61 Å². The summed E-state index contributed by atoms with van der Waals surface area (Å²) in [7, 11) is 3.68. The van der Waals surface area contributed by atoms with Crippen molar-refractivity contribution in [1.82, 2.24) is 4.98 Å². The number of aromatic carboxylic acids is 1. The third kappa shape index (κ3) is 6.14. The molecule has 8 heteroatoms. The van der Waals surface area contributed by atoms with Gasteiger partial charge in [0.2, 0.25) is 0 Å². The number of nitrogens with one attached hydrogen (secondary N) is 2. The van der Waals surface area contributed by atoms with Crippen LogP contribution in [0.15, 0.2) is 54.6 Å². The number of methoxy groups -OCH3 is 1. The number of aromatic nitrogens is 1.